The molecule has 1 aromatic heterocycles. The van der Waals surface area contributed by atoms with Crippen molar-refractivity contribution in [2.75, 3.05) is 0 Å². The molecule has 0 spiro atoms. The number of aromatic nitrogens is 1. The Hall–Kier alpha value is -3.33. The highest BCUT2D eigenvalue weighted by atomic mass is 16.3. The quantitative estimate of drug-likeness (QED) is 0.496. The van der Waals surface area contributed by atoms with Crippen molar-refractivity contribution >= 4 is 10.8 Å². The number of hydrogen-bond donors (Lipinski definition) is 1. The monoisotopic (exact) mass is 383 g/mol. The lowest BCUT2D eigenvalue weighted by molar-refractivity contribution is 0.467. The van der Waals surface area contributed by atoms with E-state index in [1.54, 1.807) is 0 Å². The van der Waals surface area contributed by atoms with Gasteiger partial charge in [-0.2, -0.15) is 0 Å². The summed E-state index contributed by atoms with van der Waals surface area (Å²) >= 11 is 0. The van der Waals surface area contributed by atoms with Crippen molar-refractivity contribution in [3.63, 3.8) is 0 Å². The molecule has 3 nitrogen and oxygen atoms in total. The van der Waals surface area contributed by atoms with Gasteiger partial charge >= 0.3 is 0 Å². The van der Waals surface area contributed by atoms with E-state index in [4.69, 9.17) is 0 Å². The second-order valence-corrected chi connectivity index (χ2v) is 7.90. The molecular weight excluding hydrogens is 358 g/mol. The minimum Gasteiger partial charge on any atom is -0.507 e. The normalized spacial score (nSPS) is 11.2. The average Bonchev–Trinajstić information content (AvgIpc) is 2.69. The molecule has 4 rings (SSSR count). The molecular formula is C26H25NO2. The molecule has 3 heteroatoms. The van der Waals surface area contributed by atoms with Gasteiger partial charge in [0.05, 0.1) is 12.2 Å². The number of hydrogen-bond acceptors (Lipinski definition) is 2. The highest BCUT2D eigenvalue weighted by molar-refractivity contribution is 5.85. The maximum atomic E-state index is 13.5. The van der Waals surface area contributed by atoms with E-state index in [1.807, 2.05) is 54.8 Å². The number of aryl methyl sites for hydroxylation is 4. The molecule has 0 amide bonds. The van der Waals surface area contributed by atoms with Crippen molar-refractivity contribution in [1.82, 2.24) is 4.57 Å². The number of benzene rings is 3. The third-order valence-electron chi connectivity index (χ3n) is 5.63. The average molecular weight is 383 g/mol. The Labute approximate surface area is 170 Å². The Morgan fingerprint density at radius 1 is 0.828 bits per heavy atom. The summed E-state index contributed by atoms with van der Waals surface area (Å²) < 4.78 is 1.85. The fourth-order valence-electron chi connectivity index (χ4n) is 3.99. The number of nitrogens with zero attached hydrogens (tertiary/aromatic N) is 1. The van der Waals surface area contributed by atoms with Crippen LogP contribution in [0.25, 0.3) is 22.0 Å². The van der Waals surface area contributed by atoms with E-state index < -0.39 is 0 Å². The van der Waals surface area contributed by atoms with Crippen LogP contribution in [0.1, 0.15) is 27.8 Å². The first kappa shape index (κ1) is 19.0. The van der Waals surface area contributed by atoms with Gasteiger partial charge in [-0.15, -0.1) is 0 Å². The van der Waals surface area contributed by atoms with Gasteiger partial charge in [0.25, 0.3) is 5.56 Å². The SMILES string of the molecule is Cc1ccc(Cn2c(-c3cc(C)c(O)c(C)c3)cc3ccccc3c2=O)c(C)c1. The first-order chi connectivity index (χ1) is 13.8. The van der Waals surface area contributed by atoms with Gasteiger partial charge in [0.1, 0.15) is 5.75 Å². The molecule has 0 fully saturated rings. The van der Waals surface area contributed by atoms with Crippen molar-refractivity contribution in [2.45, 2.75) is 34.2 Å². The lowest BCUT2D eigenvalue weighted by Crippen LogP contribution is -2.23. The van der Waals surface area contributed by atoms with Crippen molar-refractivity contribution in [3.05, 3.63) is 98.8 Å². The first-order valence-electron chi connectivity index (χ1n) is 9.84. The summed E-state index contributed by atoms with van der Waals surface area (Å²) in [7, 11) is 0. The molecule has 3 aromatic carbocycles. The van der Waals surface area contributed by atoms with Gasteiger partial charge in [-0.25, -0.2) is 0 Å². The van der Waals surface area contributed by atoms with Crippen molar-refractivity contribution in [3.8, 4) is 17.0 Å². The number of phenolic OH excluding ortho intramolecular Hbond substituents is 1. The van der Waals surface area contributed by atoms with E-state index in [2.05, 4.69) is 38.1 Å². The second kappa shape index (κ2) is 7.25. The predicted octanol–water partition coefficient (Wildman–Crippen LogP) is 5.66. The number of fused-ring (bicyclic) bond motifs is 1. The summed E-state index contributed by atoms with van der Waals surface area (Å²) in [5.41, 5.74) is 6.92. The molecule has 29 heavy (non-hydrogen) atoms. The summed E-state index contributed by atoms with van der Waals surface area (Å²) in [4.78, 5) is 13.5. The number of pyridine rings is 1. The Bertz CT molecular complexity index is 1280. The summed E-state index contributed by atoms with van der Waals surface area (Å²) in [6.07, 6.45) is 0. The van der Waals surface area contributed by atoms with E-state index in [9.17, 15) is 9.90 Å². The molecule has 1 heterocycles. The lowest BCUT2D eigenvalue weighted by atomic mass is 10.00. The van der Waals surface area contributed by atoms with Crippen LogP contribution in [0.2, 0.25) is 0 Å². The fourth-order valence-corrected chi connectivity index (χ4v) is 3.99. The topological polar surface area (TPSA) is 42.2 Å². The maximum absolute atomic E-state index is 13.5. The molecule has 0 aliphatic heterocycles. The van der Waals surface area contributed by atoms with Gasteiger partial charge < -0.3 is 9.67 Å². The Balaban J connectivity index is 2.00. The maximum Gasteiger partial charge on any atom is 0.259 e. The first-order valence-corrected chi connectivity index (χ1v) is 9.84. The number of aromatic hydroxyl groups is 1. The van der Waals surface area contributed by atoms with Crippen LogP contribution < -0.4 is 5.56 Å². The van der Waals surface area contributed by atoms with Crippen LogP contribution in [0.4, 0.5) is 0 Å². The van der Waals surface area contributed by atoms with E-state index >= 15 is 0 Å². The van der Waals surface area contributed by atoms with E-state index in [0.717, 1.165) is 33.3 Å². The lowest BCUT2D eigenvalue weighted by Gasteiger charge is -2.18. The van der Waals surface area contributed by atoms with Crippen molar-refractivity contribution in [2.24, 2.45) is 0 Å². The molecule has 4 aromatic rings. The van der Waals surface area contributed by atoms with Crippen LogP contribution in [-0.4, -0.2) is 9.67 Å². The fraction of sp³-hybridized carbons (Fsp3) is 0.192. The van der Waals surface area contributed by atoms with Crippen LogP contribution >= 0.6 is 0 Å². The van der Waals surface area contributed by atoms with Crippen molar-refractivity contribution < 1.29 is 5.11 Å². The minimum atomic E-state index is 0.00135. The molecule has 0 aliphatic carbocycles. The zero-order valence-corrected chi connectivity index (χ0v) is 17.3. The summed E-state index contributed by atoms with van der Waals surface area (Å²) in [5.74, 6) is 0.304. The zero-order chi connectivity index (χ0) is 20.7. The largest absolute Gasteiger partial charge is 0.507 e. The van der Waals surface area contributed by atoms with Crippen LogP contribution in [0, 0.1) is 27.7 Å². The second-order valence-electron chi connectivity index (χ2n) is 7.90. The number of rotatable bonds is 3. The molecule has 0 aliphatic rings. The van der Waals surface area contributed by atoms with Crippen LogP contribution in [0.3, 0.4) is 0 Å². The smallest absolute Gasteiger partial charge is 0.259 e. The van der Waals surface area contributed by atoms with Crippen LogP contribution in [0.15, 0.2) is 65.5 Å². The van der Waals surface area contributed by atoms with Crippen LogP contribution in [-0.2, 0) is 6.54 Å². The van der Waals surface area contributed by atoms with Gasteiger partial charge in [0.2, 0.25) is 0 Å². The minimum absolute atomic E-state index is 0.00135. The number of phenols is 1. The molecule has 0 atom stereocenters. The van der Waals surface area contributed by atoms with Gasteiger partial charge in [0.15, 0.2) is 0 Å². The summed E-state index contributed by atoms with van der Waals surface area (Å²) in [6.45, 7) is 8.44. The predicted molar refractivity (Wildman–Crippen MR) is 120 cm³/mol. The molecule has 0 unspecified atom stereocenters. The molecule has 0 radical (unpaired) electrons. The molecule has 146 valence electrons. The van der Waals surface area contributed by atoms with E-state index in [-0.39, 0.29) is 5.56 Å². The van der Waals surface area contributed by atoms with E-state index in [1.165, 1.54) is 11.1 Å². The molecule has 1 N–H and O–H groups in total. The van der Waals surface area contributed by atoms with Gasteiger partial charge in [-0.1, -0.05) is 42.0 Å². The molecule has 0 saturated carbocycles. The third-order valence-corrected chi connectivity index (χ3v) is 5.63. The van der Waals surface area contributed by atoms with Gasteiger partial charge in [0, 0.05) is 5.39 Å². The highest BCUT2D eigenvalue weighted by Crippen LogP contribution is 2.30. The molecule has 0 saturated heterocycles. The summed E-state index contributed by atoms with van der Waals surface area (Å²) in [5, 5.41) is 11.8. The van der Waals surface area contributed by atoms with Gasteiger partial charge in [-0.05, 0) is 85.2 Å². The summed E-state index contributed by atoms with van der Waals surface area (Å²) in [6, 6.07) is 20.0. The Kier molecular flexibility index (Phi) is 4.75. The third kappa shape index (κ3) is 3.44. The zero-order valence-electron chi connectivity index (χ0n) is 17.3. The van der Waals surface area contributed by atoms with E-state index in [0.29, 0.717) is 17.7 Å². The Morgan fingerprint density at radius 3 is 2.21 bits per heavy atom. The van der Waals surface area contributed by atoms with Gasteiger partial charge in [-0.3, -0.25) is 4.79 Å². The highest BCUT2D eigenvalue weighted by Gasteiger charge is 2.14. The van der Waals surface area contributed by atoms with Crippen molar-refractivity contribution in [1.29, 1.82) is 0 Å². The molecule has 0 bridgehead atoms. The Morgan fingerprint density at radius 2 is 1.52 bits per heavy atom. The standard InChI is InChI=1S/C26H25NO2/c1-16-9-10-21(17(2)11-16)15-27-24(22-12-18(3)25(28)19(4)13-22)14-20-7-5-6-8-23(20)26(27)29/h5-14,28H,15H2,1-4H3. The van der Waals surface area contributed by atoms with Crippen LogP contribution in [0.5, 0.6) is 5.75 Å².